The first kappa shape index (κ1) is 27.7. The molecule has 2 heterocycles. The summed E-state index contributed by atoms with van der Waals surface area (Å²) in [6.45, 7) is 4.04. The van der Waals surface area contributed by atoms with E-state index in [-0.39, 0.29) is 5.56 Å². The van der Waals surface area contributed by atoms with Crippen molar-refractivity contribution in [2.75, 3.05) is 38.2 Å². The lowest BCUT2D eigenvalue weighted by Gasteiger charge is -2.36. The number of rotatable bonds is 6. The Morgan fingerprint density at radius 2 is 1.74 bits per heavy atom. The van der Waals surface area contributed by atoms with Gasteiger partial charge in [-0.1, -0.05) is 30.9 Å². The summed E-state index contributed by atoms with van der Waals surface area (Å²) in [6.07, 6.45) is -12.0. The molecule has 12 heteroatoms. The van der Waals surface area contributed by atoms with Gasteiger partial charge in [-0.25, -0.2) is 4.31 Å². The summed E-state index contributed by atoms with van der Waals surface area (Å²) in [5.41, 5.74) is -5.98. The molecule has 1 N–H and O–H groups in total. The van der Waals surface area contributed by atoms with Crippen LogP contribution in [0, 0.1) is 11.8 Å². The molecule has 192 valence electrons. The van der Waals surface area contributed by atoms with E-state index < -0.39 is 29.6 Å². The summed E-state index contributed by atoms with van der Waals surface area (Å²) in [7, 11) is 1.41. The number of aliphatic hydroxyl groups is 1. The third-order valence-electron chi connectivity index (χ3n) is 5.55. The van der Waals surface area contributed by atoms with Crippen LogP contribution >= 0.6 is 23.3 Å². The van der Waals surface area contributed by atoms with Gasteiger partial charge in [0.2, 0.25) is 0 Å². The van der Waals surface area contributed by atoms with E-state index in [9.17, 15) is 31.4 Å². The van der Waals surface area contributed by atoms with Crippen molar-refractivity contribution in [2.45, 2.75) is 41.6 Å². The number of anilines is 1. The molecular weight excluding hydrogens is 514 g/mol. The highest BCUT2D eigenvalue weighted by atomic mass is 32.2. The van der Waals surface area contributed by atoms with Gasteiger partial charge in [-0.05, 0) is 41.9 Å². The van der Waals surface area contributed by atoms with Crippen molar-refractivity contribution in [1.29, 1.82) is 0 Å². The lowest BCUT2D eigenvalue weighted by Crippen LogP contribution is -2.54. The molecule has 1 aromatic heterocycles. The zero-order chi connectivity index (χ0) is 25.9. The van der Waals surface area contributed by atoms with Crippen LogP contribution in [-0.4, -0.2) is 61.2 Å². The first-order chi connectivity index (χ1) is 16.4. The molecule has 1 aliphatic heterocycles. The van der Waals surface area contributed by atoms with E-state index in [1.807, 2.05) is 22.4 Å². The maximum atomic E-state index is 13.5. The molecule has 0 aliphatic carbocycles. The minimum absolute atomic E-state index is 0.0377. The Labute approximate surface area is 208 Å². The highest BCUT2D eigenvalue weighted by Gasteiger charge is 2.71. The van der Waals surface area contributed by atoms with Gasteiger partial charge in [0.25, 0.3) is 5.60 Å². The van der Waals surface area contributed by atoms with E-state index in [4.69, 9.17) is 4.74 Å². The predicted molar refractivity (Wildman–Crippen MR) is 124 cm³/mol. The SMILES string of the molecule is CCC(C#Cc1cc(C(O)(C(F)(F)F)C(F)(F)F)ccc1N1CCN(Sc2cccs2)CC1)OC. The summed E-state index contributed by atoms with van der Waals surface area (Å²) in [6, 6.07) is 6.46. The number of benzene rings is 1. The Morgan fingerprint density at radius 1 is 1.09 bits per heavy atom. The van der Waals surface area contributed by atoms with Gasteiger partial charge in [-0.15, -0.1) is 11.3 Å². The Morgan fingerprint density at radius 3 is 2.26 bits per heavy atom. The van der Waals surface area contributed by atoms with E-state index in [0.29, 0.717) is 50.4 Å². The second-order valence-electron chi connectivity index (χ2n) is 7.78. The molecule has 0 radical (unpaired) electrons. The normalized spacial score (nSPS) is 16.7. The van der Waals surface area contributed by atoms with Crippen molar-refractivity contribution < 1.29 is 36.2 Å². The Bertz CT molecular complexity index is 1020. The van der Waals surface area contributed by atoms with Gasteiger partial charge in [-0.2, -0.15) is 26.3 Å². The third kappa shape index (κ3) is 6.09. The zero-order valence-electron chi connectivity index (χ0n) is 18.9. The molecule has 3 rings (SSSR count). The smallest absolute Gasteiger partial charge is 0.369 e. The van der Waals surface area contributed by atoms with Crippen molar-refractivity contribution in [1.82, 2.24) is 4.31 Å². The van der Waals surface area contributed by atoms with Crippen LogP contribution in [-0.2, 0) is 10.3 Å². The fraction of sp³-hybridized carbons (Fsp3) is 0.478. The lowest BCUT2D eigenvalue weighted by atomic mass is 9.90. The molecular formula is C23H24F6N2O2S2. The van der Waals surface area contributed by atoms with E-state index in [1.165, 1.54) is 7.11 Å². The van der Waals surface area contributed by atoms with Crippen LogP contribution in [0.5, 0.6) is 0 Å². The maximum Gasteiger partial charge on any atom is 0.430 e. The van der Waals surface area contributed by atoms with E-state index in [2.05, 4.69) is 16.1 Å². The number of hydrogen-bond acceptors (Lipinski definition) is 6. The largest absolute Gasteiger partial charge is 0.430 e. The van der Waals surface area contributed by atoms with Gasteiger partial charge in [0, 0.05) is 44.4 Å². The minimum atomic E-state index is -5.97. The second-order valence-corrected chi connectivity index (χ2v) is 10.1. The summed E-state index contributed by atoms with van der Waals surface area (Å²) in [5.74, 6) is 5.45. The predicted octanol–water partition coefficient (Wildman–Crippen LogP) is 5.67. The molecule has 35 heavy (non-hydrogen) atoms. The lowest BCUT2D eigenvalue weighted by molar-refractivity contribution is -0.376. The fourth-order valence-corrected chi connectivity index (χ4v) is 5.42. The molecule has 0 saturated carbocycles. The van der Waals surface area contributed by atoms with Gasteiger partial charge in [0.1, 0.15) is 6.10 Å². The molecule has 4 nitrogen and oxygen atoms in total. The van der Waals surface area contributed by atoms with Crippen molar-refractivity contribution in [3.63, 3.8) is 0 Å². The molecule has 1 atom stereocenters. The molecule has 2 aromatic rings. The van der Waals surface area contributed by atoms with Crippen molar-refractivity contribution in [3.8, 4) is 11.8 Å². The van der Waals surface area contributed by atoms with Crippen molar-refractivity contribution in [3.05, 3.63) is 46.8 Å². The molecule has 1 aliphatic rings. The summed E-state index contributed by atoms with van der Waals surface area (Å²) >= 11 is 3.21. The quantitative estimate of drug-likeness (QED) is 0.292. The molecule has 0 amide bonds. The van der Waals surface area contributed by atoms with Gasteiger partial charge in [-0.3, -0.25) is 0 Å². The number of nitrogens with zero attached hydrogens (tertiary/aromatic N) is 2. The van der Waals surface area contributed by atoms with Crippen LogP contribution in [0.2, 0.25) is 0 Å². The molecule has 0 bridgehead atoms. The molecule has 1 saturated heterocycles. The Kier molecular flexibility index (Phi) is 8.70. The van der Waals surface area contributed by atoms with Crippen LogP contribution in [0.1, 0.15) is 24.5 Å². The summed E-state index contributed by atoms with van der Waals surface area (Å²) in [4.78, 5) is 1.87. The standard InChI is InChI=1S/C23H24F6N2O2S2/c1-3-18(33-2)8-6-16-15-17(21(32,22(24,25)26)23(27,28)29)7-9-19(16)30-10-12-31(13-11-30)35-20-5-4-14-34-20/h4-5,7,9,14-15,18,32H,3,10-13H2,1-2H3. The third-order valence-corrected chi connectivity index (χ3v) is 7.66. The highest BCUT2D eigenvalue weighted by Crippen LogP contribution is 2.50. The average Bonchev–Trinajstić information content (AvgIpc) is 3.31. The number of hydrogen-bond donors (Lipinski definition) is 1. The number of methoxy groups -OCH3 is 1. The summed E-state index contributed by atoms with van der Waals surface area (Å²) < 4.78 is 89.1. The highest BCUT2D eigenvalue weighted by molar-refractivity contribution is 7.98. The maximum absolute atomic E-state index is 13.5. The fourth-order valence-electron chi connectivity index (χ4n) is 3.57. The van der Waals surface area contributed by atoms with E-state index >= 15 is 0 Å². The van der Waals surface area contributed by atoms with Gasteiger partial charge in [0.15, 0.2) is 0 Å². The first-order valence-electron chi connectivity index (χ1n) is 10.7. The van der Waals surface area contributed by atoms with E-state index in [1.54, 1.807) is 30.2 Å². The minimum Gasteiger partial charge on any atom is -0.369 e. The molecule has 0 spiro atoms. The van der Waals surface area contributed by atoms with Crippen molar-refractivity contribution in [2.24, 2.45) is 0 Å². The topological polar surface area (TPSA) is 35.9 Å². The second kappa shape index (κ2) is 11.0. The number of thiophene rings is 1. The van der Waals surface area contributed by atoms with Gasteiger partial charge >= 0.3 is 12.4 Å². The zero-order valence-corrected chi connectivity index (χ0v) is 20.5. The number of halogens is 6. The number of alkyl halides is 6. The van der Waals surface area contributed by atoms with Crippen LogP contribution in [0.15, 0.2) is 39.9 Å². The van der Waals surface area contributed by atoms with Crippen LogP contribution in [0.3, 0.4) is 0 Å². The van der Waals surface area contributed by atoms with Crippen LogP contribution < -0.4 is 4.90 Å². The van der Waals surface area contributed by atoms with Crippen LogP contribution in [0.25, 0.3) is 0 Å². The molecule has 1 aromatic carbocycles. The van der Waals surface area contributed by atoms with E-state index in [0.717, 1.165) is 10.3 Å². The molecule has 1 unspecified atom stereocenters. The number of piperazine rings is 1. The van der Waals surface area contributed by atoms with Crippen molar-refractivity contribution >= 4 is 29.0 Å². The molecule has 1 fully saturated rings. The first-order valence-corrected chi connectivity index (χ1v) is 12.3. The van der Waals surface area contributed by atoms with Gasteiger partial charge < -0.3 is 14.7 Å². The average molecular weight is 539 g/mol. The monoisotopic (exact) mass is 538 g/mol. The summed E-state index contributed by atoms with van der Waals surface area (Å²) in [5, 5.41) is 11.8. The Hall–Kier alpha value is -1.91. The van der Waals surface area contributed by atoms with Gasteiger partial charge in [0.05, 0.1) is 9.90 Å². The van der Waals surface area contributed by atoms with Crippen LogP contribution in [0.4, 0.5) is 32.0 Å². The Balaban J connectivity index is 1.96. The number of ether oxygens (including phenoxy) is 1.